The van der Waals surface area contributed by atoms with Gasteiger partial charge in [0.2, 0.25) is 5.91 Å². The molecule has 2 aliphatic heterocycles. The zero-order valence-corrected chi connectivity index (χ0v) is 20.5. The fourth-order valence-electron chi connectivity index (χ4n) is 5.02. The first-order valence-corrected chi connectivity index (χ1v) is 12.4. The molecule has 3 aromatic rings. The van der Waals surface area contributed by atoms with Gasteiger partial charge < -0.3 is 10.2 Å². The van der Waals surface area contributed by atoms with Gasteiger partial charge in [0.25, 0.3) is 5.91 Å². The summed E-state index contributed by atoms with van der Waals surface area (Å²) < 4.78 is 0. The lowest BCUT2D eigenvalue weighted by Gasteiger charge is -2.33. The van der Waals surface area contributed by atoms with Crippen molar-refractivity contribution in [2.45, 2.75) is 39.7 Å². The Morgan fingerprint density at radius 2 is 1.83 bits per heavy atom. The van der Waals surface area contributed by atoms with Crippen molar-refractivity contribution in [1.82, 2.24) is 14.8 Å². The van der Waals surface area contributed by atoms with E-state index in [1.165, 1.54) is 22.3 Å². The fourth-order valence-corrected chi connectivity index (χ4v) is 5.02. The van der Waals surface area contributed by atoms with Crippen molar-refractivity contribution in [3.05, 3.63) is 82.6 Å². The number of rotatable bonds is 5. The van der Waals surface area contributed by atoms with E-state index in [4.69, 9.17) is 0 Å². The molecule has 0 atom stereocenters. The van der Waals surface area contributed by atoms with Crippen molar-refractivity contribution in [2.24, 2.45) is 0 Å². The molecule has 1 N–H and O–H groups in total. The Hall–Kier alpha value is -3.51. The molecule has 0 saturated heterocycles. The molecule has 3 heterocycles. The molecule has 2 amide bonds. The highest BCUT2D eigenvalue weighted by Gasteiger charge is 2.26. The molecule has 2 aromatic carbocycles. The number of nitrogens with zero attached hydrogens (tertiary/aromatic N) is 3. The van der Waals surface area contributed by atoms with Crippen LogP contribution in [0.4, 0.5) is 5.69 Å². The number of pyridine rings is 1. The highest BCUT2D eigenvalue weighted by molar-refractivity contribution is 5.95. The van der Waals surface area contributed by atoms with Gasteiger partial charge >= 0.3 is 0 Å². The van der Waals surface area contributed by atoms with Crippen molar-refractivity contribution in [1.29, 1.82) is 0 Å². The van der Waals surface area contributed by atoms with Crippen LogP contribution in [0.2, 0.25) is 0 Å². The van der Waals surface area contributed by atoms with E-state index in [9.17, 15) is 9.59 Å². The number of hydrogen-bond donors (Lipinski definition) is 1. The second-order valence-corrected chi connectivity index (χ2v) is 9.69. The zero-order chi connectivity index (χ0) is 24.4. The van der Waals surface area contributed by atoms with E-state index in [0.717, 1.165) is 48.1 Å². The van der Waals surface area contributed by atoms with Crippen molar-refractivity contribution in [2.75, 3.05) is 31.5 Å². The molecule has 0 fully saturated rings. The van der Waals surface area contributed by atoms with Gasteiger partial charge in [0.15, 0.2) is 0 Å². The molecule has 0 bridgehead atoms. The number of amides is 2. The molecule has 0 aliphatic carbocycles. The summed E-state index contributed by atoms with van der Waals surface area (Å²) in [6.07, 6.45) is 5.98. The second kappa shape index (κ2) is 10.0. The normalized spacial score (nSPS) is 16.1. The number of anilines is 1. The van der Waals surface area contributed by atoms with Gasteiger partial charge in [-0.3, -0.25) is 19.5 Å². The number of hydrogen-bond acceptors (Lipinski definition) is 4. The predicted molar refractivity (Wildman–Crippen MR) is 139 cm³/mol. The summed E-state index contributed by atoms with van der Waals surface area (Å²) in [5.41, 5.74) is 7.76. The minimum absolute atomic E-state index is 0.0195. The largest absolute Gasteiger partial charge is 0.334 e. The van der Waals surface area contributed by atoms with E-state index >= 15 is 0 Å². The highest BCUT2D eigenvalue weighted by atomic mass is 16.2. The molecule has 6 nitrogen and oxygen atoms in total. The van der Waals surface area contributed by atoms with E-state index in [1.807, 2.05) is 35.2 Å². The van der Waals surface area contributed by atoms with Gasteiger partial charge in [-0.05, 0) is 73.2 Å². The first kappa shape index (κ1) is 23.2. The average Bonchev–Trinajstić information content (AvgIpc) is 2.87. The minimum atomic E-state index is -0.0195. The van der Waals surface area contributed by atoms with E-state index in [0.29, 0.717) is 26.1 Å². The van der Waals surface area contributed by atoms with E-state index in [2.05, 4.69) is 47.3 Å². The summed E-state index contributed by atoms with van der Waals surface area (Å²) in [7, 11) is 0. The van der Waals surface area contributed by atoms with E-state index < -0.39 is 0 Å². The van der Waals surface area contributed by atoms with Crippen LogP contribution in [0.3, 0.4) is 0 Å². The Labute approximate surface area is 206 Å². The number of carbonyl (C=O) groups is 2. The zero-order valence-electron chi connectivity index (χ0n) is 20.5. The van der Waals surface area contributed by atoms with Crippen molar-refractivity contribution < 1.29 is 9.59 Å². The van der Waals surface area contributed by atoms with Crippen LogP contribution in [0.5, 0.6) is 0 Å². The van der Waals surface area contributed by atoms with Gasteiger partial charge in [-0.15, -0.1) is 0 Å². The maximum absolute atomic E-state index is 13.3. The highest BCUT2D eigenvalue weighted by Crippen LogP contribution is 2.25. The van der Waals surface area contributed by atoms with Gasteiger partial charge in [0, 0.05) is 62.0 Å². The molecular formula is C29H32N4O2. The number of benzene rings is 2. The monoisotopic (exact) mass is 468 g/mol. The summed E-state index contributed by atoms with van der Waals surface area (Å²) in [5.74, 6) is 0.113. The molecule has 0 saturated carbocycles. The molecule has 0 radical (unpaired) electrons. The quantitative estimate of drug-likeness (QED) is 0.603. The van der Waals surface area contributed by atoms with Gasteiger partial charge in [-0.2, -0.15) is 0 Å². The maximum Gasteiger partial charge on any atom is 0.251 e. The van der Waals surface area contributed by atoms with Crippen LogP contribution in [-0.2, 0) is 22.6 Å². The summed E-state index contributed by atoms with van der Waals surface area (Å²) in [6.45, 7) is 7.81. The number of carbonyl (C=O) groups excluding carboxylic acids is 2. The second-order valence-electron chi connectivity index (χ2n) is 9.69. The van der Waals surface area contributed by atoms with Gasteiger partial charge in [-0.25, -0.2) is 0 Å². The van der Waals surface area contributed by atoms with Crippen LogP contribution >= 0.6 is 0 Å². The molecule has 180 valence electrons. The van der Waals surface area contributed by atoms with Crippen molar-refractivity contribution in [3.8, 4) is 0 Å². The maximum atomic E-state index is 13.3. The number of nitrogens with one attached hydrogen (secondary N) is 1. The molecule has 35 heavy (non-hydrogen) atoms. The molecule has 0 spiro atoms. The number of aryl methyl sites for hydroxylation is 2. The third kappa shape index (κ3) is 5.28. The average molecular weight is 469 g/mol. The molecule has 5 rings (SSSR count). The number of aromatic nitrogens is 1. The summed E-state index contributed by atoms with van der Waals surface area (Å²) in [5, 5.41) is 3.99. The number of fused-ring (bicyclic) bond motifs is 2. The van der Waals surface area contributed by atoms with Gasteiger partial charge in [0.1, 0.15) is 0 Å². The van der Waals surface area contributed by atoms with Crippen molar-refractivity contribution in [3.63, 3.8) is 0 Å². The Bertz CT molecular complexity index is 1310. The third-order valence-corrected chi connectivity index (χ3v) is 7.16. The van der Waals surface area contributed by atoms with Crippen LogP contribution in [-0.4, -0.2) is 52.8 Å². The predicted octanol–water partition coefficient (Wildman–Crippen LogP) is 4.40. The Kier molecular flexibility index (Phi) is 6.64. The Morgan fingerprint density at radius 3 is 2.69 bits per heavy atom. The summed E-state index contributed by atoms with van der Waals surface area (Å²) >= 11 is 0. The fraction of sp³-hybridized carbons (Fsp3) is 0.345. The lowest BCUT2D eigenvalue weighted by atomic mass is 9.94. The first-order valence-electron chi connectivity index (χ1n) is 12.4. The van der Waals surface area contributed by atoms with Crippen LogP contribution in [0.1, 0.15) is 35.1 Å². The molecule has 6 heteroatoms. The van der Waals surface area contributed by atoms with E-state index in [1.54, 1.807) is 6.20 Å². The SMILES string of the molecule is Cc1cc2c(cc1C)CN(C(=O)C1=CCCN(CCC(=O)Nc3ccc4ncccc4c3)C1)CC2. The Morgan fingerprint density at radius 1 is 1.00 bits per heavy atom. The van der Waals surface area contributed by atoms with Gasteiger partial charge in [0.05, 0.1) is 5.52 Å². The van der Waals surface area contributed by atoms with Crippen LogP contribution < -0.4 is 5.32 Å². The first-order chi connectivity index (χ1) is 17.0. The topological polar surface area (TPSA) is 65.5 Å². The summed E-state index contributed by atoms with van der Waals surface area (Å²) in [6, 6.07) is 14.1. The lowest BCUT2D eigenvalue weighted by molar-refractivity contribution is -0.128. The van der Waals surface area contributed by atoms with Gasteiger partial charge in [-0.1, -0.05) is 24.3 Å². The third-order valence-electron chi connectivity index (χ3n) is 7.16. The molecule has 2 aliphatic rings. The van der Waals surface area contributed by atoms with Crippen LogP contribution in [0, 0.1) is 13.8 Å². The van der Waals surface area contributed by atoms with Crippen LogP contribution in [0.15, 0.2) is 60.3 Å². The smallest absolute Gasteiger partial charge is 0.251 e. The summed E-state index contributed by atoms with van der Waals surface area (Å²) in [4.78, 5) is 34.4. The molecule has 1 aromatic heterocycles. The molecule has 0 unspecified atom stereocenters. The van der Waals surface area contributed by atoms with Crippen molar-refractivity contribution >= 4 is 28.4 Å². The van der Waals surface area contributed by atoms with Crippen LogP contribution in [0.25, 0.3) is 10.9 Å². The molecular weight excluding hydrogens is 436 g/mol. The Balaban J connectivity index is 1.14. The minimum Gasteiger partial charge on any atom is -0.334 e. The van der Waals surface area contributed by atoms with E-state index in [-0.39, 0.29) is 11.8 Å². The standard InChI is InChI=1S/C29H32N4O2/c1-20-15-22-9-14-33(19-25(22)16-21(20)2)29(35)24-6-4-12-32(18-24)13-10-28(34)31-26-7-8-27-23(17-26)5-3-11-30-27/h3,5-8,11,15-17H,4,9-10,12-14,18-19H2,1-2H3,(H,31,34). The lowest BCUT2D eigenvalue weighted by Crippen LogP contribution is -2.41.